The Morgan fingerprint density at radius 3 is 1.67 bits per heavy atom. The number of benzene rings is 1. The first-order valence-corrected chi connectivity index (χ1v) is 10.1. The summed E-state index contributed by atoms with van der Waals surface area (Å²) in [6.45, 7) is 8.09. The quantitative estimate of drug-likeness (QED) is 0.300. The maximum absolute atomic E-state index is 2.57. The highest BCUT2D eigenvalue weighted by Gasteiger charge is 2.03. The van der Waals surface area contributed by atoms with E-state index in [-0.39, 0.29) is 12.4 Å². The molecule has 0 aliphatic rings. The van der Waals surface area contributed by atoms with Crippen molar-refractivity contribution < 1.29 is 0 Å². The molecule has 0 amide bonds. The van der Waals surface area contributed by atoms with Crippen LogP contribution in [0.3, 0.4) is 0 Å². The molecule has 0 heterocycles. The maximum Gasteiger partial charge on any atom is 0.0233 e. The monoisotopic (exact) mass is 353 g/mol. The van der Waals surface area contributed by atoms with Crippen LogP contribution in [0.4, 0.5) is 0 Å². The summed E-state index contributed by atoms with van der Waals surface area (Å²) >= 11 is 0. The molecule has 24 heavy (non-hydrogen) atoms. The molecule has 0 N–H and O–H groups in total. The van der Waals surface area contributed by atoms with Gasteiger partial charge in [0.1, 0.15) is 0 Å². The highest BCUT2D eigenvalue weighted by atomic mass is 35.5. The van der Waals surface area contributed by atoms with Gasteiger partial charge in [-0.25, -0.2) is 0 Å². The van der Waals surface area contributed by atoms with Crippen LogP contribution in [0.15, 0.2) is 30.3 Å². The molecule has 0 fully saturated rings. The van der Waals surface area contributed by atoms with Crippen LogP contribution in [-0.2, 0) is 6.54 Å². The average Bonchev–Trinajstić information content (AvgIpc) is 2.59. The molecule has 0 aliphatic heterocycles. The van der Waals surface area contributed by atoms with E-state index in [0.29, 0.717) is 0 Å². The zero-order valence-electron chi connectivity index (χ0n) is 16.1. The molecule has 0 atom stereocenters. The lowest BCUT2D eigenvalue weighted by Crippen LogP contribution is -2.23. The van der Waals surface area contributed by atoms with Gasteiger partial charge in [0.25, 0.3) is 0 Å². The van der Waals surface area contributed by atoms with Gasteiger partial charge in [0.2, 0.25) is 0 Å². The molecule has 0 saturated heterocycles. The van der Waals surface area contributed by atoms with Crippen LogP contribution in [-0.4, -0.2) is 18.0 Å². The van der Waals surface area contributed by atoms with Crippen LogP contribution < -0.4 is 0 Å². The van der Waals surface area contributed by atoms with Crippen molar-refractivity contribution in [3.63, 3.8) is 0 Å². The van der Waals surface area contributed by atoms with Gasteiger partial charge in [-0.05, 0) is 25.1 Å². The highest BCUT2D eigenvalue weighted by molar-refractivity contribution is 5.85. The van der Waals surface area contributed by atoms with Crippen molar-refractivity contribution in [2.24, 2.45) is 0 Å². The van der Waals surface area contributed by atoms with E-state index in [0.717, 1.165) is 13.1 Å². The van der Waals surface area contributed by atoms with E-state index in [9.17, 15) is 0 Å². The second-order valence-electron chi connectivity index (χ2n) is 6.89. The van der Waals surface area contributed by atoms with E-state index in [4.69, 9.17) is 0 Å². The normalized spacial score (nSPS) is 10.8. The Labute approximate surface area is 157 Å². The standard InChI is InChI=1S/C22H39N.ClH/c1-3-5-6-7-8-9-10-11-12-13-17-20-23(4-2)21-22-18-15-14-16-19-22;/h14-16,18-19H,3-13,17,20-21H2,1-2H3;1H. The Kier molecular flexibility index (Phi) is 16.9. The minimum atomic E-state index is 0. The Hall–Kier alpha value is -0.530. The highest BCUT2D eigenvalue weighted by Crippen LogP contribution is 2.12. The van der Waals surface area contributed by atoms with E-state index in [1.54, 1.807) is 0 Å². The van der Waals surface area contributed by atoms with Gasteiger partial charge in [-0.2, -0.15) is 0 Å². The number of unbranched alkanes of at least 4 members (excludes halogenated alkanes) is 10. The Morgan fingerprint density at radius 1 is 0.667 bits per heavy atom. The fourth-order valence-corrected chi connectivity index (χ4v) is 3.19. The summed E-state index contributed by atoms with van der Waals surface area (Å²) in [7, 11) is 0. The van der Waals surface area contributed by atoms with Crippen molar-refractivity contribution in [1.29, 1.82) is 0 Å². The van der Waals surface area contributed by atoms with Crippen LogP contribution in [0.1, 0.15) is 90.0 Å². The second-order valence-corrected chi connectivity index (χ2v) is 6.89. The number of hydrogen-bond acceptors (Lipinski definition) is 1. The van der Waals surface area contributed by atoms with Crippen molar-refractivity contribution in [1.82, 2.24) is 4.90 Å². The molecule has 0 spiro atoms. The first-order valence-electron chi connectivity index (χ1n) is 10.1. The van der Waals surface area contributed by atoms with Crippen LogP contribution in [0.25, 0.3) is 0 Å². The number of rotatable bonds is 15. The number of nitrogens with zero attached hydrogens (tertiary/aromatic N) is 1. The summed E-state index contributed by atoms with van der Waals surface area (Å²) in [5, 5.41) is 0. The van der Waals surface area contributed by atoms with Crippen LogP contribution >= 0.6 is 12.4 Å². The Bertz CT molecular complexity index is 352. The van der Waals surface area contributed by atoms with Gasteiger partial charge in [0, 0.05) is 6.54 Å². The molecule has 0 aromatic heterocycles. The molecule has 0 aliphatic carbocycles. The van der Waals surface area contributed by atoms with E-state index in [2.05, 4.69) is 49.1 Å². The average molecular weight is 354 g/mol. The van der Waals surface area contributed by atoms with Gasteiger partial charge in [0.15, 0.2) is 0 Å². The molecule has 0 saturated carbocycles. The molecule has 0 unspecified atom stereocenters. The van der Waals surface area contributed by atoms with E-state index < -0.39 is 0 Å². The molecule has 1 nitrogen and oxygen atoms in total. The second kappa shape index (κ2) is 17.3. The zero-order chi connectivity index (χ0) is 16.6. The van der Waals surface area contributed by atoms with Crippen molar-refractivity contribution in [2.45, 2.75) is 91.0 Å². The van der Waals surface area contributed by atoms with Crippen molar-refractivity contribution in [3.05, 3.63) is 35.9 Å². The van der Waals surface area contributed by atoms with Gasteiger partial charge in [-0.1, -0.05) is 108 Å². The molecule has 1 aromatic rings. The summed E-state index contributed by atoms with van der Waals surface area (Å²) in [6, 6.07) is 10.9. The maximum atomic E-state index is 2.57. The van der Waals surface area contributed by atoms with Gasteiger partial charge in [-0.3, -0.25) is 4.90 Å². The summed E-state index contributed by atoms with van der Waals surface area (Å²) in [6.07, 6.45) is 15.7. The largest absolute Gasteiger partial charge is 0.299 e. The summed E-state index contributed by atoms with van der Waals surface area (Å²) < 4.78 is 0. The number of halogens is 1. The predicted octanol–water partition coefficient (Wildman–Crippen LogP) is 7.24. The summed E-state index contributed by atoms with van der Waals surface area (Å²) in [5.41, 5.74) is 1.44. The third kappa shape index (κ3) is 12.8. The van der Waals surface area contributed by atoms with Crippen molar-refractivity contribution in [2.75, 3.05) is 13.1 Å². The van der Waals surface area contributed by atoms with Crippen molar-refractivity contribution >= 4 is 12.4 Å². The first kappa shape index (κ1) is 23.5. The SMILES string of the molecule is CCCCCCCCCCCCCN(CC)Cc1ccccc1.Cl. The van der Waals surface area contributed by atoms with Gasteiger partial charge in [-0.15, -0.1) is 12.4 Å². The zero-order valence-corrected chi connectivity index (χ0v) is 17.0. The molecular formula is C22H40ClN. The molecule has 2 heteroatoms. The molecule has 140 valence electrons. The third-order valence-corrected chi connectivity index (χ3v) is 4.77. The van der Waals surface area contributed by atoms with E-state index >= 15 is 0 Å². The first-order chi connectivity index (χ1) is 11.4. The lowest BCUT2D eigenvalue weighted by atomic mass is 10.1. The lowest BCUT2D eigenvalue weighted by molar-refractivity contribution is 0.272. The van der Waals surface area contributed by atoms with Gasteiger partial charge < -0.3 is 0 Å². The smallest absolute Gasteiger partial charge is 0.0233 e. The van der Waals surface area contributed by atoms with E-state index in [1.165, 1.54) is 82.7 Å². The fourth-order valence-electron chi connectivity index (χ4n) is 3.19. The Morgan fingerprint density at radius 2 is 1.17 bits per heavy atom. The van der Waals surface area contributed by atoms with Gasteiger partial charge in [0.05, 0.1) is 0 Å². The fraction of sp³-hybridized carbons (Fsp3) is 0.727. The Balaban J connectivity index is 0.00000529. The summed E-state index contributed by atoms with van der Waals surface area (Å²) in [5.74, 6) is 0. The number of hydrogen-bond donors (Lipinski definition) is 0. The van der Waals surface area contributed by atoms with E-state index in [1.807, 2.05) is 0 Å². The molecule has 0 bridgehead atoms. The molecule has 1 rings (SSSR count). The summed E-state index contributed by atoms with van der Waals surface area (Å²) in [4.78, 5) is 2.57. The van der Waals surface area contributed by atoms with Crippen LogP contribution in [0, 0.1) is 0 Å². The minimum Gasteiger partial charge on any atom is -0.299 e. The molecule has 0 radical (unpaired) electrons. The predicted molar refractivity (Wildman–Crippen MR) is 111 cm³/mol. The van der Waals surface area contributed by atoms with Crippen LogP contribution in [0.2, 0.25) is 0 Å². The topological polar surface area (TPSA) is 3.24 Å². The van der Waals surface area contributed by atoms with Crippen LogP contribution in [0.5, 0.6) is 0 Å². The van der Waals surface area contributed by atoms with Crippen molar-refractivity contribution in [3.8, 4) is 0 Å². The molecule has 1 aromatic carbocycles. The molecular weight excluding hydrogens is 314 g/mol. The lowest BCUT2D eigenvalue weighted by Gasteiger charge is -2.20. The van der Waals surface area contributed by atoms with Gasteiger partial charge >= 0.3 is 0 Å². The minimum absolute atomic E-state index is 0. The third-order valence-electron chi connectivity index (χ3n) is 4.77.